The molecule has 0 N–H and O–H groups in total. The summed E-state index contributed by atoms with van der Waals surface area (Å²) in [6.07, 6.45) is 3.14. The third-order valence-corrected chi connectivity index (χ3v) is 17.4. The highest BCUT2D eigenvalue weighted by molar-refractivity contribution is 7.03. The monoisotopic (exact) mass is 980 g/mol. The maximum absolute atomic E-state index is 2.71. The molecule has 3 nitrogen and oxygen atoms in total. The smallest absolute Gasteiger partial charge is 0.252 e. The van der Waals surface area contributed by atoms with Crippen molar-refractivity contribution >= 4 is 68.6 Å². The van der Waals surface area contributed by atoms with Gasteiger partial charge in [0.1, 0.15) is 0 Å². The van der Waals surface area contributed by atoms with Gasteiger partial charge < -0.3 is 14.7 Å². The molecule has 2 aliphatic heterocycles. The Labute approximate surface area is 449 Å². The van der Waals surface area contributed by atoms with Gasteiger partial charge in [-0.15, -0.1) is 0 Å². The second kappa shape index (κ2) is 17.3. The molecule has 4 heteroatoms. The molecule has 0 amide bonds. The van der Waals surface area contributed by atoms with Gasteiger partial charge in [0, 0.05) is 51.8 Å². The van der Waals surface area contributed by atoms with Crippen molar-refractivity contribution in [2.45, 2.75) is 136 Å². The highest BCUT2D eigenvalue weighted by Crippen LogP contribution is 2.56. The van der Waals surface area contributed by atoms with E-state index in [4.69, 9.17) is 0 Å². The molecule has 8 aromatic carbocycles. The summed E-state index contributed by atoms with van der Waals surface area (Å²) in [7, 11) is 0. The summed E-state index contributed by atoms with van der Waals surface area (Å²) in [5.41, 5.74) is 27.2. The fraction of sp³-hybridized carbons (Fsp3) is 0.296. The quantitative estimate of drug-likeness (QED) is 0.154. The summed E-state index contributed by atoms with van der Waals surface area (Å²) in [6, 6.07) is 67.9. The lowest BCUT2D eigenvalue weighted by atomic mass is 9.32. The van der Waals surface area contributed by atoms with Gasteiger partial charge in [0.2, 0.25) is 0 Å². The SMILES string of the molecule is CC(C)(C)c1ccc(N2C3=C(B4c5cc6c(cc5N(c5ccc(C(C)(C)C)cc5-c5ccccc5)c5cc(N(c7ccccc7)c7ccccc7)cc2c54)C(C)(C)CCC6(C)C)c2cc(C(C)(C)C)ccc2C3)cc1. The van der Waals surface area contributed by atoms with E-state index in [1.807, 2.05) is 0 Å². The Hall–Kier alpha value is -7.04. The van der Waals surface area contributed by atoms with Gasteiger partial charge in [0.15, 0.2) is 0 Å². The zero-order chi connectivity index (χ0) is 52.6. The van der Waals surface area contributed by atoms with Crippen LogP contribution >= 0.6 is 0 Å². The predicted octanol–water partition coefficient (Wildman–Crippen LogP) is 18.1. The molecule has 2 heterocycles. The molecule has 12 rings (SSSR count). The van der Waals surface area contributed by atoms with Crippen LogP contribution in [0.15, 0.2) is 182 Å². The van der Waals surface area contributed by atoms with Crippen molar-refractivity contribution in [2.24, 2.45) is 0 Å². The Kier molecular flexibility index (Phi) is 11.2. The van der Waals surface area contributed by atoms with Crippen molar-refractivity contribution < 1.29 is 0 Å². The molecule has 2 aliphatic carbocycles. The van der Waals surface area contributed by atoms with Crippen molar-refractivity contribution in [3.63, 3.8) is 0 Å². The molecule has 0 spiro atoms. The molecular weight excluding hydrogens is 906 g/mol. The minimum atomic E-state index is -0.0553. The van der Waals surface area contributed by atoms with Crippen molar-refractivity contribution in [1.29, 1.82) is 0 Å². The van der Waals surface area contributed by atoms with Gasteiger partial charge in [0.25, 0.3) is 6.71 Å². The summed E-state index contributed by atoms with van der Waals surface area (Å²) in [5, 5.41) is 0. The molecule has 8 aromatic rings. The minimum absolute atomic E-state index is 0.00675. The predicted molar refractivity (Wildman–Crippen MR) is 323 cm³/mol. The van der Waals surface area contributed by atoms with Gasteiger partial charge in [-0.1, -0.05) is 199 Å². The van der Waals surface area contributed by atoms with Gasteiger partial charge in [-0.05, 0) is 168 Å². The first kappa shape index (κ1) is 48.9. The number of benzene rings is 8. The molecule has 376 valence electrons. The van der Waals surface area contributed by atoms with Crippen LogP contribution in [0.1, 0.15) is 142 Å². The van der Waals surface area contributed by atoms with E-state index in [0.717, 1.165) is 36.3 Å². The zero-order valence-electron chi connectivity index (χ0n) is 46.8. The summed E-state index contributed by atoms with van der Waals surface area (Å²) in [4.78, 5) is 7.87. The molecule has 0 aromatic heterocycles. The molecule has 0 fully saturated rings. The summed E-state index contributed by atoms with van der Waals surface area (Å²) in [5.74, 6) is 0. The van der Waals surface area contributed by atoms with E-state index in [1.165, 1.54) is 101 Å². The Morgan fingerprint density at radius 2 is 0.933 bits per heavy atom. The summed E-state index contributed by atoms with van der Waals surface area (Å²) in [6.45, 7) is 31.0. The molecule has 0 atom stereocenters. The largest absolute Gasteiger partial charge is 0.315 e. The third kappa shape index (κ3) is 8.17. The van der Waals surface area contributed by atoms with E-state index in [1.54, 1.807) is 0 Å². The molecule has 0 radical (unpaired) electrons. The van der Waals surface area contributed by atoms with Crippen LogP contribution in [-0.4, -0.2) is 6.71 Å². The molecule has 75 heavy (non-hydrogen) atoms. The van der Waals surface area contributed by atoms with Crippen LogP contribution < -0.4 is 25.6 Å². The number of nitrogens with zero attached hydrogens (tertiary/aromatic N) is 3. The Morgan fingerprint density at radius 1 is 0.440 bits per heavy atom. The lowest BCUT2D eigenvalue weighted by Crippen LogP contribution is -2.56. The van der Waals surface area contributed by atoms with Crippen LogP contribution in [0.25, 0.3) is 16.6 Å². The van der Waals surface area contributed by atoms with E-state index in [9.17, 15) is 0 Å². The van der Waals surface area contributed by atoms with E-state index in [2.05, 4.69) is 281 Å². The average Bonchev–Trinajstić information content (AvgIpc) is 3.77. The third-order valence-electron chi connectivity index (χ3n) is 17.4. The number of fused-ring (bicyclic) bond motifs is 6. The van der Waals surface area contributed by atoms with E-state index >= 15 is 0 Å². The standard InChI is InChI=1S/C71H74BN3/c1-67(2,3)48-31-34-53(35-32-48)74-62-39-47-29-30-49(68(4,5)6)41-56(47)65(62)72-59-44-57-58(71(12,13)38-37-70(57,10)11)45-61(59)75(60-36-33-50(69(7,8)9)40-55(60)46-23-17-14-18-24-46)64-43-54(42-63(74)66(64)72)73(51-25-19-15-20-26-51)52-27-21-16-22-28-52/h14-36,40-45H,37-39H2,1-13H3. The second-order valence-electron chi connectivity index (χ2n) is 26.5. The van der Waals surface area contributed by atoms with Gasteiger partial charge >= 0.3 is 0 Å². The highest BCUT2D eigenvalue weighted by atomic mass is 15.2. The van der Waals surface area contributed by atoms with Crippen LogP contribution in [0.4, 0.5) is 45.5 Å². The van der Waals surface area contributed by atoms with Crippen molar-refractivity contribution in [3.05, 3.63) is 221 Å². The number of hydrogen-bond acceptors (Lipinski definition) is 3. The summed E-state index contributed by atoms with van der Waals surface area (Å²) >= 11 is 0. The van der Waals surface area contributed by atoms with Crippen molar-refractivity contribution in [3.8, 4) is 11.1 Å². The van der Waals surface area contributed by atoms with Crippen LogP contribution in [0.3, 0.4) is 0 Å². The first-order chi connectivity index (χ1) is 35.6. The minimum Gasteiger partial charge on any atom is -0.315 e. The van der Waals surface area contributed by atoms with Crippen LogP contribution in [0.5, 0.6) is 0 Å². The first-order valence-electron chi connectivity index (χ1n) is 27.6. The number of anilines is 8. The van der Waals surface area contributed by atoms with Crippen LogP contribution in [-0.2, 0) is 33.5 Å². The maximum Gasteiger partial charge on any atom is 0.252 e. The lowest BCUT2D eigenvalue weighted by molar-refractivity contribution is 0.332. The van der Waals surface area contributed by atoms with E-state index in [0.29, 0.717) is 0 Å². The number of para-hydroxylation sites is 2. The zero-order valence-corrected chi connectivity index (χ0v) is 46.8. The fourth-order valence-corrected chi connectivity index (χ4v) is 12.9. The molecule has 4 aliphatic rings. The second-order valence-corrected chi connectivity index (χ2v) is 26.5. The fourth-order valence-electron chi connectivity index (χ4n) is 12.9. The topological polar surface area (TPSA) is 9.72 Å². The molecule has 0 bridgehead atoms. The van der Waals surface area contributed by atoms with Gasteiger partial charge in [-0.3, -0.25) is 0 Å². The Bertz CT molecular complexity index is 3520. The van der Waals surface area contributed by atoms with Crippen molar-refractivity contribution in [2.75, 3.05) is 14.7 Å². The Balaban J connectivity index is 1.27. The molecule has 0 saturated heterocycles. The lowest BCUT2D eigenvalue weighted by Gasteiger charge is -2.48. The summed E-state index contributed by atoms with van der Waals surface area (Å²) < 4.78 is 0. The molecular formula is C71H74BN3. The van der Waals surface area contributed by atoms with Crippen LogP contribution in [0.2, 0.25) is 0 Å². The number of hydrogen-bond donors (Lipinski definition) is 0. The maximum atomic E-state index is 2.71. The first-order valence-corrected chi connectivity index (χ1v) is 27.6. The average molecular weight is 980 g/mol. The highest BCUT2D eigenvalue weighted by Gasteiger charge is 2.50. The van der Waals surface area contributed by atoms with E-state index < -0.39 is 0 Å². The molecule has 0 saturated carbocycles. The number of allylic oxidation sites excluding steroid dienone is 1. The van der Waals surface area contributed by atoms with Crippen LogP contribution in [0, 0.1) is 0 Å². The van der Waals surface area contributed by atoms with Gasteiger partial charge in [-0.2, -0.15) is 0 Å². The van der Waals surface area contributed by atoms with Gasteiger partial charge in [-0.25, -0.2) is 0 Å². The molecule has 0 unspecified atom stereocenters. The van der Waals surface area contributed by atoms with Crippen molar-refractivity contribution in [1.82, 2.24) is 0 Å². The normalized spacial score (nSPS) is 16.3. The number of rotatable bonds is 6. The Morgan fingerprint density at radius 3 is 1.49 bits per heavy atom. The van der Waals surface area contributed by atoms with Gasteiger partial charge in [0.05, 0.1) is 11.4 Å². The van der Waals surface area contributed by atoms with E-state index in [-0.39, 0.29) is 33.8 Å².